The highest BCUT2D eigenvalue weighted by Gasteiger charge is 2.33. The Balaban J connectivity index is 1.55. The van der Waals surface area contributed by atoms with Crippen LogP contribution in [0.3, 0.4) is 0 Å². The van der Waals surface area contributed by atoms with Gasteiger partial charge < -0.3 is 20.1 Å². The molecule has 0 saturated heterocycles. The van der Waals surface area contributed by atoms with Gasteiger partial charge in [0.2, 0.25) is 5.91 Å². The van der Waals surface area contributed by atoms with E-state index in [4.69, 9.17) is 21.1 Å². The summed E-state index contributed by atoms with van der Waals surface area (Å²) >= 11 is 5.62. The molecule has 0 spiro atoms. The zero-order valence-corrected chi connectivity index (χ0v) is 21.7. The normalized spacial score (nSPS) is 11.6. The Morgan fingerprint density at radius 2 is 1.74 bits per heavy atom. The molecule has 0 atom stereocenters. The number of amides is 2. The number of hydrogen-bond acceptors (Lipinski definition) is 5. The number of ether oxygens (including phenoxy) is 2. The van der Waals surface area contributed by atoms with Gasteiger partial charge in [-0.05, 0) is 69.2 Å². The van der Waals surface area contributed by atoms with Crippen molar-refractivity contribution in [3.63, 3.8) is 0 Å². The minimum absolute atomic E-state index is 0.0125. The number of aryl methyl sites for hydroxylation is 1. The van der Waals surface area contributed by atoms with Crippen molar-refractivity contribution in [3.8, 4) is 11.5 Å². The summed E-state index contributed by atoms with van der Waals surface area (Å²) in [5.41, 5.74) is -0.247. The van der Waals surface area contributed by atoms with E-state index in [0.717, 1.165) is 17.7 Å². The van der Waals surface area contributed by atoms with Crippen LogP contribution in [0.4, 0.5) is 23.7 Å². The molecule has 0 fully saturated rings. The molecule has 1 heterocycles. The van der Waals surface area contributed by atoms with Gasteiger partial charge in [-0.25, -0.2) is 4.79 Å². The van der Waals surface area contributed by atoms with Crippen molar-refractivity contribution >= 4 is 29.3 Å². The molecule has 3 rings (SSSR count). The highest BCUT2D eigenvalue weighted by Crippen LogP contribution is 2.36. The molecule has 11 heteroatoms. The van der Waals surface area contributed by atoms with Gasteiger partial charge in [0.1, 0.15) is 17.1 Å². The van der Waals surface area contributed by atoms with Gasteiger partial charge >= 0.3 is 12.3 Å². The number of alkyl halides is 3. The molecule has 3 aromatic rings. The number of hydrogen-bond donors (Lipinski definition) is 2. The average molecular weight is 550 g/mol. The van der Waals surface area contributed by atoms with Crippen LogP contribution >= 0.6 is 11.6 Å². The smallest absolute Gasteiger partial charge is 0.417 e. The Kier molecular flexibility index (Phi) is 9.22. The maximum Gasteiger partial charge on any atom is 0.417 e. The van der Waals surface area contributed by atoms with Crippen molar-refractivity contribution < 1.29 is 32.2 Å². The Hall–Kier alpha value is -3.79. The van der Waals surface area contributed by atoms with Crippen molar-refractivity contribution in [3.05, 3.63) is 82.6 Å². The number of pyridine rings is 1. The summed E-state index contributed by atoms with van der Waals surface area (Å²) < 4.78 is 50.2. The monoisotopic (exact) mass is 549 g/mol. The second kappa shape index (κ2) is 12.2. The highest BCUT2D eigenvalue weighted by atomic mass is 35.5. The fraction of sp³-hybridized carbons (Fsp3) is 0.296. The number of carbonyl (C=O) groups excluding carboxylic acids is 2. The molecule has 0 bridgehead atoms. The molecular weight excluding hydrogens is 523 g/mol. The van der Waals surface area contributed by atoms with Crippen molar-refractivity contribution in [2.45, 2.75) is 51.9 Å². The van der Waals surface area contributed by atoms with E-state index in [2.05, 4.69) is 15.6 Å². The van der Waals surface area contributed by atoms with Crippen molar-refractivity contribution in [2.24, 2.45) is 0 Å². The van der Waals surface area contributed by atoms with E-state index in [0.29, 0.717) is 23.6 Å². The molecule has 0 radical (unpaired) electrons. The lowest BCUT2D eigenvalue weighted by atomic mass is 10.1. The number of alkyl carbamates (subject to hydrolysis) is 1. The van der Waals surface area contributed by atoms with E-state index in [1.165, 1.54) is 6.07 Å². The zero-order chi connectivity index (χ0) is 27.9. The average Bonchev–Trinajstić information content (AvgIpc) is 2.81. The lowest BCUT2D eigenvalue weighted by Gasteiger charge is -2.19. The predicted molar refractivity (Wildman–Crippen MR) is 137 cm³/mol. The van der Waals surface area contributed by atoms with Crippen LogP contribution in [0, 0.1) is 0 Å². The van der Waals surface area contributed by atoms with E-state index >= 15 is 0 Å². The summed E-state index contributed by atoms with van der Waals surface area (Å²) in [5, 5.41) is 4.67. The van der Waals surface area contributed by atoms with Crippen molar-refractivity contribution in [1.82, 2.24) is 10.3 Å². The second-order valence-corrected chi connectivity index (χ2v) is 9.74. The van der Waals surface area contributed by atoms with Crippen LogP contribution in [0.15, 0.2) is 60.8 Å². The van der Waals surface area contributed by atoms with E-state index < -0.39 is 34.4 Å². The molecular formula is C27H27ClF3N3O4. The molecule has 0 aliphatic rings. The Morgan fingerprint density at radius 1 is 1.00 bits per heavy atom. The second-order valence-electron chi connectivity index (χ2n) is 9.33. The number of halogens is 4. The minimum Gasteiger partial charge on any atom is -0.457 e. The van der Waals surface area contributed by atoms with Crippen LogP contribution in [-0.4, -0.2) is 22.6 Å². The van der Waals surface area contributed by atoms with E-state index in [1.54, 1.807) is 57.3 Å². The summed E-state index contributed by atoms with van der Waals surface area (Å²) in [6.07, 6.45) is -3.24. The lowest BCUT2D eigenvalue weighted by Crippen LogP contribution is -2.32. The standard InChI is InChI=1S/C27H27ClF3N3O4/c1-26(2,3)38-25(36)33-16-19-14-21(11-12-32-19)37-20-6-4-5-17(13-20)7-10-24(35)34-18-8-9-23(28)22(15-18)27(29,30)31/h4-6,8-9,11-15H,7,10,16H2,1-3H3,(H,33,36)(H,34,35). The molecule has 0 saturated carbocycles. The molecule has 2 amide bonds. The van der Waals surface area contributed by atoms with Gasteiger partial charge in [0.05, 0.1) is 22.8 Å². The largest absolute Gasteiger partial charge is 0.457 e. The fourth-order valence-corrected chi connectivity index (χ4v) is 3.52. The molecule has 7 nitrogen and oxygen atoms in total. The Bertz CT molecular complexity index is 1290. The first-order valence-electron chi connectivity index (χ1n) is 11.6. The first-order valence-corrected chi connectivity index (χ1v) is 12.0. The van der Waals surface area contributed by atoms with Crippen LogP contribution < -0.4 is 15.4 Å². The number of rotatable bonds is 8. The molecule has 202 valence electrons. The lowest BCUT2D eigenvalue weighted by molar-refractivity contribution is -0.137. The number of nitrogens with zero attached hydrogens (tertiary/aromatic N) is 1. The number of nitrogens with one attached hydrogen (secondary N) is 2. The summed E-state index contributed by atoms with van der Waals surface area (Å²) in [6.45, 7) is 5.46. The van der Waals surface area contributed by atoms with Crippen molar-refractivity contribution in [2.75, 3.05) is 5.32 Å². The summed E-state index contributed by atoms with van der Waals surface area (Å²) in [5.74, 6) is 0.579. The predicted octanol–water partition coefficient (Wildman–Crippen LogP) is 7.14. The van der Waals surface area contributed by atoms with Gasteiger partial charge in [0, 0.05) is 24.4 Å². The van der Waals surface area contributed by atoms with E-state index in [1.807, 2.05) is 6.07 Å². The molecule has 0 aliphatic carbocycles. The van der Waals surface area contributed by atoms with Gasteiger partial charge in [-0.3, -0.25) is 9.78 Å². The number of anilines is 1. The summed E-state index contributed by atoms with van der Waals surface area (Å²) in [6, 6.07) is 13.6. The van der Waals surface area contributed by atoms with E-state index in [9.17, 15) is 22.8 Å². The molecule has 2 N–H and O–H groups in total. The molecule has 0 unspecified atom stereocenters. The first-order chi connectivity index (χ1) is 17.8. The third-order valence-corrected chi connectivity index (χ3v) is 5.26. The third-order valence-electron chi connectivity index (χ3n) is 4.93. The molecule has 2 aromatic carbocycles. The van der Waals surface area contributed by atoms with Gasteiger partial charge in [0.25, 0.3) is 0 Å². The fourth-order valence-electron chi connectivity index (χ4n) is 3.30. The van der Waals surface area contributed by atoms with Crippen LogP contribution in [0.5, 0.6) is 11.5 Å². The topological polar surface area (TPSA) is 89.5 Å². The van der Waals surface area contributed by atoms with Crippen LogP contribution in [-0.2, 0) is 28.7 Å². The summed E-state index contributed by atoms with van der Waals surface area (Å²) in [7, 11) is 0. The third kappa shape index (κ3) is 9.26. The quantitative estimate of drug-likeness (QED) is 0.312. The first kappa shape index (κ1) is 28.8. The maximum atomic E-state index is 13.0. The SMILES string of the molecule is CC(C)(C)OC(=O)NCc1cc(Oc2cccc(CCC(=O)Nc3ccc(Cl)c(C(F)(F)F)c3)c2)ccn1. The Morgan fingerprint density at radius 3 is 2.45 bits per heavy atom. The van der Waals surface area contributed by atoms with E-state index in [-0.39, 0.29) is 18.7 Å². The molecule has 1 aromatic heterocycles. The van der Waals surface area contributed by atoms with Gasteiger partial charge in [-0.1, -0.05) is 23.7 Å². The number of carbonyl (C=O) groups is 2. The van der Waals surface area contributed by atoms with Gasteiger partial charge in [-0.2, -0.15) is 13.2 Å². The van der Waals surface area contributed by atoms with Crippen LogP contribution in [0.25, 0.3) is 0 Å². The molecule has 38 heavy (non-hydrogen) atoms. The number of aromatic nitrogens is 1. The zero-order valence-electron chi connectivity index (χ0n) is 21.0. The maximum absolute atomic E-state index is 13.0. The highest BCUT2D eigenvalue weighted by molar-refractivity contribution is 6.31. The minimum atomic E-state index is -4.62. The van der Waals surface area contributed by atoms with Crippen molar-refractivity contribution in [1.29, 1.82) is 0 Å². The van der Waals surface area contributed by atoms with Gasteiger partial charge in [-0.15, -0.1) is 0 Å². The van der Waals surface area contributed by atoms with Gasteiger partial charge in [0.15, 0.2) is 0 Å². The van der Waals surface area contributed by atoms with Crippen LogP contribution in [0.1, 0.15) is 44.0 Å². The van der Waals surface area contributed by atoms with Crippen LogP contribution in [0.2, 0.25) is 5.02 Å². The Labute approximate surface area is 223 Å². The summed E-state index contributed by atoms with van der Waals surface area (Å²) in [4.78, 5) is 28.4. The molecule has 0 aliphatic heterocycles. The number of benzene rings is 2.